The number of halogens is 1. The number of likely N-dealkylation sites (tertiary alicyclic amines) is 1. The van der Waals surface area contributed by atoms with Crippen LogP contribution in [0.2, 0.25) is 0 Å². The maximum atomic E-state index is 13.4. The highest BCUT2D eigenvalue weighted by Gasteiger charge is 2.41. The van der Waals surface area contributed by atoms with Gasteiger partial charge in [0, 0.05) is 18.8 Å². The first-order valence-electron chi connectivity index (χ1n) is 10.3. The van der Waals surface area contributed by atoms with E-state index in [9.17, 15) is 19.2 Å². The number of nitrogens with zero attached hydrogens (tertiary/aromatic N) is 3. The van der Waals surface area contributed by atoms with Gasteiger partial charge in [0.05, 0.1) is 5.25 Å². The maximum Gasteiger partial charge on any atom is 0.267 e. The van der Waals surface area contributed by atoms with Crippen LogP contribution >= 0.6 is 11.8 Å². The molecular formula is C24H22FN3O2S. The zero-order chi connectivity index (χ0) is 21.8. The minimum absolute atomic E-state index is 0.00529. The van der Waals surface area contributed by atoms with Crippen LogP contribution in [0.25, 0.3) is 0 Å². The Morgan fingerprint density at radius 2 is 1.74 bits per heavy atom. The smallest absolute Gasteiger partial charge is 0.267 e. The molecule has 0 N–H and O–H groups in total. The third kappa shape index (κ3) is 4.49. The predicted molar refractivity (Wildman–Crippen MR) is 118 cm³/mol. The minimum atomic E-state index is -0.502. The number of hydrogen-bond acceptors (Lipinski definition) is 4. The molecule has 31 heavy (non-hydrogen) atoms. The number of carbonyl (C=O) groups is 2. The number of hydrogen-bond donors (Lipinski definition) is 0. The van der Waals surface area contributed by atoms with Crippen molar-refractivity contribution in [2.75, 3.05) is 18.0 Å². The van der Waals surface area contributed by atoms with Gasteiger partial charge in [-0.2, -0.15) is 5.26 Å². The standard InChI is InChI=1S/C24H22FN3O2S/c25-18-11-9-17(10-12-18)15-21-23(30)28(19-7-3-1-4-8-19)24(31-21)20(16-26)22(29)27-13-5-2-6-14-27/h1,3-4,7-12,21H,2,5-6,13-15H2/b24-20+. The summed E-state index contributed by atoms with van der Waals surface area (Å²) in [5.41, 5.74) is 1.45. The minimum Gasteiger partial charge on any atom is -0.338 e. The molecule has 4 rings (SSSR count). The van der Waals surface area contributed by atoms with Gasteiger partial charge in [0.25, 0.3) is 5.91 Å². The summed E-state index contributed by atoms with van der Waals surface area (Å²) in [5, 5.41) is 9.77. The molecule has 2 heterocycles. The molecule has 2 aromatic rings. The van der Waals surface area contributed by atoms with Crippen molar-refractivity contribution in [1.29, 1.82) is 5.26 Å². The van der Waals surface area contributed by atoms with E-state index in [4.69, 9.17) is 0 Å². The van der Waals surface area contributed by atoms with Crippen LogP contribution in [0.5, 0.6) is 0 Å². The zero-order valence-electron chi connectivity index (χ0n) is 17.0. The Bertz CT molecular complexity index is 1040. The van der Waals surface area contributed by atoms with Gasteiger partial charge in [0.15, 0.2) is 0 Å². The van der Waals surface area contributed by atoms with Gasteiger partial charge in [0.1, 0.15) is 22.5 Å². The van der Waals surface area contributed by atoms with Gasteiger partial charge < -0.3 is 4.90 Å². The van der Waals surface area contributed by atoms with Crippen molar-refractivity contribution in [2.24, 2.45) is 0 Å². The summed E-state index contributed by atoms with van der Waals surface area (Å²) < 4.78 is 13.3. The second kappa shape index (κ2) is 9.36. The van der Waals surface area contributed by atoms with E-state index in [0.717, 1.165) is 24.8 Å². The van der Waals surface area contributed by atoms with E-state index in [-0.39, 0.29) is 23.2 Å². The molecule has 1 unspecified atom stereocenters. The molecule has 2 saturated heterocycles. The second-order valence-corrected chi connectivity index (χ2v) is 8.78. The molecule has 158 valence electrons. The van der Waals surface area contributed by atoms with Crippen LogP contribution in [0.15, 0.2) is 65.2 Å². The number of carbonyl (C=O) groups excluding carboxylic acids is 2. The molecule has 2 aromatic carbocycles. The van der Waals surface area contributed by atoms with Gasteiger partial charge in [0.2, 0.25) is 5.91 Å². The molecule has 0 aliphatic carbocycles. The van der Waals surface area contributed by atoms with Gasteiger partial charge in [-0.15, -0.1) is 0 Å². The molecule has 0 radical (unpaired) electrons. The lowest BCUT2D eigenvalue weighted by atomic mass is 10.1. The van der Waals surface area contributed by atoms with E-state index in [0.29, 0.717) is 30.2 Å². The number of piperidine rings is 1. The SMILES string of the molecule is N#C/C(C(=O)N1CCCCC1)=C1\SC(Cc2ccc(F)cc2)C(=O)N1c1ccccc1. The van der Waals surface area contributed by atoms with Crippen molar-refractivity contribution in [3.8, 4) is 6.07 Å². The van der Waals surface area contributed by atoms with Crippen LogP contribution < -0.4 is 4.90 Å². The van der Waals surface area contributed by atoms with Crippen molar-refractivity contribution in [2.45, 2.75) is 30.9 Å². The lowest BCUT2D eigenvalue weighted by Gasteiger charge is -2.27. The quantitative estimate of drug-likeness (QED) is 0.532. The zero-order valence-corrected chi connectivity index (χ0v) is 17.8. The molecule has 0 bridgehead atoms. The first-order chi connectivity index (χ1) is 15.1. The van der Waals surface area contributed by atoms with Gasteiger partial charge in [-0.25, -0.2) is 4.39 Å². The Morgan fingerprint density at radius 1 is 1.06 bits per heavy atom. The Morgan fingerprint density at radius 3 is 2.39 bits per heavy atom. The topological polar surface area (TPSA) is 64.4 Å². The Kier molecular flexibility index (Phi) is 6.38. The fourth-order valence-electron chi connectivity index (χ4n) is 3.88. The molecule has 7 heteroatoms. The van der Waals surface area contributed by atoms with Crippen LogP contribution in [-0.2, 0) is 16.0 Å². The summed E-state index contributed by atoms with van der Waals surface area (Å²) in [6.07, 6.45) is 3.29. The summed E-state index contributed by atoms with van der Waals surface area (Å²) in [6.45, 7) is 1.25. The lowest BCUT2D eigenvalue weighted by Crippen LogP contribution is -2.37. The van der Waals surface area contributed by atoms with Crippen molar-refractivity contribution < 1.29 is 14.0 Å². The van der Waals surface area contributed by atoms with E-state index in [2.05, 4.69) is 6.07 Å². The molecule has 2 amide bonds. The molecular weight excluding hydrogens is 413 g/mol. The molecule has 2 aliphatic heterocycles. The average Bonchev–Trinajstić information content (AvgIpc) is 3.12. The van der Waals surface area contributed by atoms with E-state index in [1.807, 2.05) is 18.2 Å². The van der Waals surface area contributed by atoms with Crippen LogP contribution in [0.1, 0.15) is 24.8 Å². The summed E-state index contributed by atoms with van der Waals surface area (Å²) >= 11 is 1.24. The molecule has 0 saturated carbocycles. The summed E-state index contributed by atoms with van der Waals surface area (Å²) in [6, 6.07) is 17.2. The normalized spacial score (nSPS) is 20.5. The van der Waals surface area contributed by atoms with Gasteiger partial charge >= 0.3 is 0 Å². The molecule has 0 aromatic heterocycles. The predicted octanol–water partition coefficient (Wildman–Crippen LogP) is 4.26. The highest BCUT2D eigenvalue weighted by molar-refractivity contribution is 8.05. The molecule has 1 atom stereocenters. The third-order valence-corrected chi connectivity index (χ3v) is 6.75. The van der Waals surface area contributed by atoms with Crippen molar-refractivity contribution in [3.63, 3.8) is 0 Å². The number of benzene rings is 2. The van der Waals surface area contributed by atoms with Crippen molar-refractivity contribution >= 4 is 29.3 Å². The summed E-state index contributed by atoms with van der Waals surface area (Å²) in [7, 11) is 0. The largest absolute Gasteiger partial charge is 0.338 e. The highest BCUT2D eigenvalue weighted by Crippen LogP contribution is 2.42. The van der Waals surface area contributed by atoms with Crippen LogP contribution in [0.4, 0.5) is 10.1 Å². The molecule has 2 fully saturated rings. The Hall–Kier alpha value is -3.11. The Balaban J connectivity index is 1.71. The van der Waals surface area contributed by atoms with Crippen LogP contribution in [0.3, 0.4) is 0 Å². The number of nitriles is 1. The molecule has 0 spiro atoms. The Labute approximate surface area is 185 Å². The number of rotatable bonds is 4. The highest BCUT2D eigenvalue weighted by atomic mass is 32.2. The van der Waals surface area contributed by atoms with E-state index < -0.39 is 5.25 Å². The third-order valence-electron chi connectivity index (χ3n) is 5.48. The lowest BCUT2D eigenvalue weighted by molar-refractivity contribution is -0.127. The molecule has 5 nitrogen and oxygen atoms in total. The van der Waals surface area contributed by atoms with Crippen LogP contribution in [0, 0.1) is 17.1 Å². The van der Waals surface area contributed by atoms with E-state index >= 15 is 0 Å². The van der Waals surface area contributed by atoms with Crippen molar-refractivity contribution in [1.82, 2.24) is 4.90 Å². The maximum absolute atomic E-state index is 13.4. The van der Waals surface area contributed by atoms with E-state index in [1.165, 1.54) is 28.8 Å². The number of para-hydroxylation sites is 1. The summed E-state index contributed by atoms with van der Waals surface area (Å²) in [5.74, 6) is -0.838. The first kappa shape index (κ1) is 21.1. The molecule has 2 aliphatic rings. The monoisotopic (exact) mass is 435 g/mol. The van der Waals surface area contributed by atoms with Gasteiger partial charge in [-0.1, -0.05) is 42.1 Å². The van der Waals surface area contributed by atoms with Crippen LogP contribution in [-0.4, -0.2) is 35.1 Å². The fraction of sp³-hybridized carbons (Fsp3) is 0.292. The second-order valence-electron chi connectivity index (χ2n) is 7.59. The number of anilines is 1. The number of amides is 2. The van der Waals surface area contributed by atoms with Gasteiger partial charge in [-0.05, 0) is 55.5 Å². The van der Waals surface area contributed by atoms with E-state index in [1.54, 1.807) is 29.2 Å². The number of thioether (sulfide) groups is 1. The summed E-state index contributed by atoms with van der Waals surface area (Å²) in [4.78, 5) is 29.7. The van der Waals surface area contributed by atoms with Crippen molar-refractivity contribution in [3.05, 3.63) is 76.6 Å². The fourth-order valence-corrected chi connectivity index (χ4v) is 5.18. The van der Waals surface area contributed by atoms with Gasteiger partial charge in [-0.3, -0.25) is 14.5 Å². The average molecular weight is 436 g/mol. The first-order valence-corrected chi connectivity index (χ1v) is 11.2.